The van der Waals surface area contributed by atoms with E-state index in [0.29, 0.717) is 0 Å². The highest BCUT2D eigenvalue weighted by molar-refractivity contribution is 5.04. The number of fused-ring (bicyclic) bond motifs is 2. The molecule has 0 amide bonds. The Morgan fingerprint density at radius 2 is 2.10 bits per heavy atom. The predicted octanol–water partition coefficient (Wildman–Crippen LogP) is 1.77. The lowest BCUT2D eigenvalue weighted by Crippen LogP contribution is -2.42. The Balaban J connectivity index is 2.24. The Labute approximate surface area is 63.0 Å². The van der Waals surface area contributed by atoms with Crippen LogP contribution >= 0.6 is 0 Å². The summed E-state index contributed by atoms with van der Waals surface area (Å²) < 4.78 is 0. The molecule has 58 valence electrons. The molecule has 2 aliphatic carbocycles. The van der Waals surface area contributed by atoms with Gasteiger partial charge in [0, 0.05) is 5.54 Å². The van der Waals surface area contributed by atoms with Crippen molar-refractivity contribution in [2.45, 2.75) is 38.6 Å². The van der Waals surface area contributed by atoms with E-state index in [1.54, 1.807) is 0 Å². The van der Waals surface area contributed by atoms with Crippen molar-refractivity contribution in [1.82, 2.24) is 0 Å². The van der Waals surface area contributed by atoms with Gasteiger partial charge in [-0.2, -0.15) is 0 Å². The first kappa shape index (κ1) is 6.66. The first-order chi connectivity index (χ1) is 4.61. The van der Waals surface area contributed by atoms with Gasteiger partial charge in [-0.3, -0.25) is 0 Å². The first-order valence-electron chi connectivity index (χ1n) is 4.40. The standard InChI is InChI=1S/C9H17N/c1-6-7-3-4-8(6)9(2,10)5-7/h6-8H,3-5,10H2,1-2H3. The third-order valence-corrected chi connectivity index (χ3v) is 3.78. The zero-order valence-electron chi connectivity index (χ0n) is 6.93. The normalized spacial score (nSPS) is 59.7. The van der Waals surface area contributed by atoms with Crippen LogP contribution in [0, 0.1) is 17.8 Å². The minimum atomic E-state index is 0.183. The molecule has 4 unspecified atom stereocenters. The lowest BCUT2D eigenvalue weighted by Gasteiger charge is -2.29. The molecule has 2 saturated carbocycles. The van der Waals surface area contributed by atoms with Gasteiger partial charge in [-0.1, -0.05) is 6.92 Å². The van der Waals surface area contributed by atoms with Crippen molar-refractivity contribution in [3.63, 3.8) is 0 Å². The van der Waals surface area contributed by atoms with Crippen molar-refractivity contribution in [3.8, 4) is 0 Å². The van der Waals surface area contributed by atoms with Crippen molar-refractivity contribution in [1.29, 1.82) is 0 Å². The van der Waals surface area contributed by atoms with Crippen LogP contribution < -0.4 is 5.73 Å². The molecule has 1 heteroatoms. The number of rotatable bonds is 0. The van der Waals surface area contributed by atoms with Crippen molar-refractivity contribution < 1.29 is 0 Å². The molecule has 10 heavy (non-hydrogen) atoms. The highest BCUT2D eigenvalue weighted by Crippen LogP contribution is 2.53. The number of nitrogens with two attached hydrogens (primary N) is 1. The van der Waals surface area contributed by atoms with Crippen LogP contribution in [0.15, 0.2) is 0 Å². The fourth-order valence-corrected chi connectivity index (χ4v) is 3.18. The molecule has 0 heterocycles. The van der Waals surface area contributed by atoms with E-state index in [-0.39, 0.29) is 5.54 Å². The van der Waals surface area contributed by atoms with Crippen LogP contribution in [-0.4, -0.2) is 5.54 Å². The summed E-state index contributed by atoms with van der Waals surface area (Å²) in [5.74, 6) is 2.70. The van der Waals surface area contributed by atoms with E-state index >= 15 is 0 Å². The van der Waals surface area contributed by atoms with Gasteiger partial charge in [-0.15, -0.1) is 0 Å². The Morgan fingerprint density at radius 3 is 2.30 bits per heavy atom. The average molecular weight is 139 g/mol. The molecule has 2 aliphatic rings. The second-order valence-corrected chi connectivity index (χ2v) is 4.51. The molecule has 0 spiro atoms. The highest BCUT2D eigenvalue weighted by atomic mass is 14.8. The largest absolute Gasteiger partial charge is 0.325 e. The quantitative estimate of drug-likeness (QED) is 0.544. The van der Waals surface area contributed by atoms with Crippen LogP contribution in [-0.2, 0) is 0 Å². The van der Waals surface area contributed by atoms with Crippen LogP contribution in [0.4, 0.5) is 0 Å². The Bertz CT molecular complexity index is 151. The molecule has 0 aromatic heterocycles. The summed E-state index contributed by atoms with van der Waals surface area (Å²) in [6, 6.07) is 0. The topological polar surface area (TPSA) is 26.0 Å². The van der Waals surface area contributed by atoms with Crippen LogP contribution in [0.5, 0.6) is 0 Å². The highest BCUT2D eigenvalue weighted by Gasteiger charge is 2.50. The minimum Gasteiger partial charge on any atom is -0.325 e. The fraction of sp³-hybridized carbons (Fsp3) is 1.00. The average Bonchev–Trinajstić information content (AvgIpc) is 2.21. The van der Waals surface area contributed by atoms with E-state index in [0.717, 1.165) is 17.8 Å². The summed E-state index contributed by atoms with van der Waals surface area (Å²) in [7, 11) is 0. The number of hydrogen-bond donors (Lipinski definition) is 1. The summed E-state index contributed by atoms with van der Waals surface area (Å²) in [5.41, 5.74) is 6.34. The van der Waals surface area contributed by atoms with Gasteiger partial charge in [-0.05, 0) is 43.9 Å². The summed E-state index contributed by atoms with van der Waals surface area (Å²) in [6.07, 6.45) is 4.11. The third-order valence-electron chi connectivity index (χ3n) is 3.78. The zero-order chi connectivity index (χ0) is 7.35. The maximum atomic E-state index is 6.15. The second-order valence-electron chi connectivity index (χ2n) is 4.51. The third kappa shape index (κ3) is 0.672. The maximum absolute atomic E-state index is 6.15. The second kappa shape index (κ2) is 1.76. The van der Waals surface area contributed by atoms with Gasteiger partial charge in [0.2, 0.25) is 0 Å². The Hall–Kier alpha value is -0.0400. The molecular weight excluding hydrogens is 122 g/mol. The molecule has 1 nitrogen and oxygen atoms in total. The molecule has 0 radical (unpaired) electrons. The van der Waals surface area contributed by atoms with E-state index in [9.17, 15) is 0 Å². The van der Waals surface area contributed by atoms with Crippen molar-refractivity contribution in [2.75, 3.05) is 0 Å². The minimum absolute atomic E-state index is 0.183. The van der Waals surface area contributed by atoms with E-state index < -0.39 is 0 Å². The molecule has 2 N–H and O–H groups in total. The molecule has 2 fully saturated rings. The van der Waals surface area contributed by atoms with E-state index in [1.165, 1.54) is 19.3 Å². The summed E-state index contributed by atoms with van der Waals surface area (Å²) in [4.78, 5) is 0. The van der Waals surface area contributed by atoms with Crippen molar-refractivity contribution >= 4 is 0 Å². The first-order valence-corrected chi connectivity index (χ1v) is 4.40. The van der Waals surface area contributed by atoms with Gasteiger partial charge < -0.3 is 5.73 Å². The van der Waals surface area contributed by atoms with Crippen molar-refractivity contribution in [2.24, 2.45) is 23.5 Å². The van der Waals surface area contributed by atoms with Gasteiger partial charge in [0.05, 0.1) is 0 Å². The molecule has 0 saturated heterocycles. The molecule has 2 bridgehead atoms. The van der Waals surface area contributed by atoms with Gasteiger partial charge in [-0.25, -0.2) is 0 Å². The number of hydrogen-bond acceptors (Lipinski definition) is 1. The van der Waals surface area contributed by atoms with E-state index in [2.05, 4.69) is 13.8 Å². The van der Waals surface area contributed by atoms with E-state index in [4.69, 9.17) is 5.73 Å². The van der Waals surface area contributed by atoms with Crippen molar-refractivity contribution in [3.05, 3.63) is 0 Å². The summed E-state index contributed by atoms with van der Waals surface area (Å²) >= 11 is 0. The zero-order valence-corrected chi connectivity index (χ0v) is 6.93. The van der Waals surface area contributed by atoms with Crippen LogP contribution in [0.3, 0.4) is 0 Å². The van der Waals surface area contributed by atoms with Gasteiger partial charge >= 0.3 is 0 Å². The van der Waals surface area contributed by atoms with E-state index in [1.807, 2.05) is 0 Å². The maximum Gasteiger partial charge on any atom is 0.0159 e. The van der Waals surface area contributed by atoms with Crippen LogP contribution in [0.25, 0.3) is 0 Å². The van der Waals surface area contributed by atoms with Gasteiger partial charge in [0.15, 0.2) is 0 Å². The smallest absolute Gasteiger partial charge is 0.0159 e. The molecule has 0 aromatic rings. The summed E-state index contributed by atoms with van der Waals surface area (Å²) in [6.45, 7) is 4.60. The van der Waals surface area contributed by atoms with Gasteiger partial charge in [0.25, 0.3) is 0 Å². The van der Waals surface area contributed by atoms with Crippen LogP contribution in [0.2, 0.25) is 0 Å². The SMILES string of the molecule is CC1C2CCC1C(C)(N)C2. The summed E-state index contributed by atoms with van der Waals surface area (Å²) in [5, 5.41) is 0. The predicted molar refractivity (Wildman–Crippen MR) is 42.6 cm³/mol. The Morgan fingerprint density at radius 1 is 1.40 bits per heavy atom. The molecule has 0 aromatic carbocycles. The van der Waals surface area contributed by atoms with Gasteiger partial charge in [0.1, 0.15) is 0 Å². The van der Waals surface area contributed by atoms with Crippen LogP contribution in [0.1, 0.15) is 33.1 Å². The molecule has 2 rings (SSSR count). The fourth-order valence-electron chi connectivity index (χ4n) is 3.18. The molecule has 0 aliphatic heterocycles. The molecule has 4 atom stereocenters. The lowest BCUT2D eigenvalue weighted by molar-refractivity contribution is 0.287. The monoisotopic (exact) mass is 139 g/mol. The molecular formula is C9H17N. The Kier molecular flexibility index (Phi) is 1.17. The lowest BCUT2D eigenvalue weighted by atomic mass is 9.83.